The van der Waals surface area contributed by atoms with Gasteiger partial charge in [-0.2, -0.15) is 5.26 Å². The van der Waals surface area contributed by atoms with Crippen LogP contribution in [0.25, 0.3) is 11.3 Å². The fraction of sp³-hybridized carbons (Fsp3) is 0.357. The maximum Gasteiger partial charge on any atom is 0.290 e. The van der Waals surface area contributed by atoms with E-state index in [1.165, 1.54) is 0 Å². The van der Waals surface area contributed by atoms with Gasteiger partial charge in [0.25, 0.3) is 11.8 Å². The van der Waals surface area contributed by atoms with Gasteiger partial charge in [-0.25, -0.2) is 0 Å². The van der Waals surface area contributed by atoms with Crippen LogP contribution >= 0.6 is 0 Å². The number of aryl methyl sites for hydroxylation is 1. The summed E-state index contributed by atoms with van der Waals surface area (Å²) in [5.74, 6) is -0.577. The largest absolute Gasteiger partial charge is 0.378 e. The molecule has 10 nitrogen and oxygen atoms in total. The minimum atomic E-state index is -0.352. The van der Waals surface area contributed by atoms with E-state index in [9.17, 15) is 14.9 Å². The molecular weight excluding hydrogens is 486 g/mol. The number of ether oxygens (including phenoxy) is 2. The van der Waals surface area contributed by atoms with Gasteiger partial charge >= 0.3 is 0 Å². The molecule has 0 aliphatic carbocycles. The Balaban J connectivity index is 1.30. The van der Waals surface area contributed by atoms with Crippen LogP contribution in [-0.4, -0.2) is 62.5 Å². The van der Waals surface area contributed by atoms with Gasteiger partial charge in [-0.05, 0) is 55.7 Å². The highest BCUT2D eigenvalue weighted by molar-refractivity contribution is 6.05. The average Bonchev–Trinajstić information content (AvgIpc) is 3.66. The summed E-state index contributed by atoms with van der Waals surface area (Å²) in [5, 5.41) is 19.3. The molecule has 0 bridgehead atoms. The van der Waals surface area contributed by atoms with Crippen molar-refractivity contribution in [1.29, 1.82) is 5.26 Å². The smallest absolute Gasteiger partial charge is 0.290 e. The molecule has 5 rings (SSSR count). The van der Waals surface area contributed by atoms with E-state index in [0.29, 0.717) is 55.4 Å². The minimum absolute atomic E-state index is 0.0303. The molecule has 1 unspecified atom stereocenters. The number of amides is 2. The first kappa shape index (κ1) is 25.4. The second-order valence-corrected chi connectivity index (χ2v) is 9.39. The first-order valence-electron chi connectivity index (χ1n) is 12.7. The van der Waals surface area contributed by atoms with Gasteiger partial charge < -0.3 is 29.5 Å². The zero-order chi connectivity index (χ0) is 26.5. The number of nitriles is 1. The van der Waals surface area contributed by atoms with Gasteiger partial charge in [0.15, 0.2) is 0 Å². The zero-order valence-electron chi connectivity index (χ0n) is 21.2. The van der Waals surface area contributed by atoms with Crippen LogP contribution in [0.2, 0.25) is 0 Å². The Hall–Kier alpha value is -4.20. The monoisotopic (exact) mass is 515 g/mol. The van der Waals surface area contributed by atoms with Crippen LogP contribution in [0.15, 0.2) is 47.0 Å². The summed E-state index contributed by atoms with van der Waals surface area (Å²) in [4.78, 5) is 27.8. The van der Waals surface area contributed by atoms with Crippen LogP contribution in [0.4, 0.5) is 11.4 Å². The fourth-order valence-electron chi connectivity index (χ4n) is 4.60. The molecule has 38 heavy (non-hydrogen) atoms. The lowest BCUT2D eigenvalue weighted by atomic mass is 10.0. The number of carbonyl (C=O) groups is 2. The quantitative estimate of drug-likeness (QED) is 0.489. The molecule has 2 fully saturated rings. The third kappa shape index (κ3) is 5.85. The van der Waals surface area contributed by atoms with Gasteiger partial charge in [-0.3, -0.25) is 9.59 Å². The molecule has 0 radical (unpaired) electrons. The van der Waals surface area contributed by atoms with Gasteiger partial charge in [-0.15, -0.1) is 0 Å². The molecule has 2 aliphatic rings. The molecule has 2 N–H and O–H groups in total. The SMILES string of the molecule is Cc1ccc(NC(=O)c2cc(C#N)cc(N3CCOCC3)c2)cc1-c1cc(C(=O)NCC2CCCO2)on1. The highest BCUT2D eigenvalue weighted by atomic mass is 16.5. The summed E-state index contributed by atoms with van der Waals surface area (Å²) < 4.78 is 16.3. The molecule has 2 saturated heterocycles. The maximum atomic E-state index is 13.2. The minimum Gasteiger partial charge on any atom is -0.378 e. The summed E-state index contributed by atoms with van der Waals surface area (Å²) in [7, 11) is 0. The number of benzene rings is 2. The van der Waals surface area contributed by atoms with Gasteiger partial charge in [0, 0.05) is 54.8 Å². The molecule has 0 saturated carbocycles. The van der Waals surface area contributed by atoms with Gasteiger partial charge in [0.2, 0.25) is 5.76 Å². The first-order chi connectivity index (χ1) is 18.5. The Morgan fingerprint density at radius 3 is 2.71 bits per heavy atom. The van der Waals surface area contributed by atoms with Crippen molar-refractivity contribution in [3.63, 3.8) is 0 Å². The van der Waals surface area contributed by atoms with Crippen LogP contribution in [0.3, 0.4) is 0 Å². The number of nitrogens with one attached hydrogen (secondary N) is 2. The van der Waals surface area contributed by atoms with E-state index < -0.39 is 0 Å². The molecule has 0 spiro atoms. The van der Waals surface area contributed by atoms with Crippen molar-refractivity contribution in [3.05, 3.63) is 64.9 Å². The van der Waals surface area contributed by atoms with Crippen molar-refractivity contribution >= 4 is 23.2 Å². The summed E-state index contributed by atoms with van der Waals surface area (Å²) in [6.07, 6.45) is 1.95. The molecule has 3 heterocycles. The van der Waals surface area contributed by atoms with Crippen LogP contribution in [0, 0.1) is 18.3 Å². The molecule has 196 valence electrons. The van der Waals surface area contributed by atoms with Crippen molar-refractivity contribution in [2.24, 2.45) is 0 Å². The van der Waals surface area contributed by atoms with Crippen molar-refractivity contribution < 1.29 is 23.6 Å². The van der Waals surface area contributed by atoms with Crippen molar-refractivity contribution in [3.8, 4) is 17.3 Å². The molecule has 2 aromatic carbocycles. The molecule has 1 atom stereocenters. The summed E-state index contributed by atoms with van der Waals surface area (Å²) in [5.41, 5.74) is 4.29. The number of rotatable bonds is 7. The molecule has 3 aromatic rings. The highest BCUT2D eigenvalue weighted by Crippen LogP contribution is 2.27. The van der Waals surface area contributed by atoms with E-state index in [1.54, 1.807) is 36.4 Å². The molecule has 1 aromatic heterocycles. The number of carbonyl (C=O) groups excluding carboxylic acids is 2. The number of anilines is 2. The van der Waals surface area contributed by atoms with E-state index in [2.05, 4.69) is 26.8 Å². The Kier molecular flexibility index (Phi) is 7.67. The van der Waals surface area contributed by atoms with Crippen LogP contribution < -0.4 is 15.5 Å². The first-order valence-corrected chi connectivity index (χ1v) is 12.7. The van der Waals surface area contributed by atoms with Gasteiger partial charge in [-0.1, -0.05) is 11.2 Å². The number of morpholine rings is 1. The van der Waals surface area contributed by atoms with E-state index >= 15 is 0 Å². The van der Waals surface area contributed by atoms with E-state index in [0.717, 1.165) is 36.3 Å². The lowest BCUT2D eigenvalue weighted by Gasteiger charge is -2.29. The van der Waals surface area contributed by atoms with E-state index in [-0.39, 0.29) is 23.7 Å². The Morgan fingerprint density at radius 1 is 1.11 bits per heavy atom. The average molecular weight is 516 g/mol. The molecule has 10 heteroatoms. The number of hydrogen-bond donors (Lipinski definition) is 2. The number of aromatic nitrogens is 1. The van der Waals surface area contributed by atoms with Gasteiger partial charge in [0.05, 0.1) is 31.0 Å². The summed E-state index contributed by atoms with van der Waals surface area (Å²) >= 11 is 0. The summed E-state index contributed by atoms with van der Waals surface area (Å²) in [6.45, 7) is 5.66. The van der Waals surface area contributed by atoms with Crippen molar-refractivity contribution in [2.75, 3.05) is 49.7 Å². The Morgan fingerprint density at radius 2 is 1.95 bits per heavy atom. The molecular formula is C28H29N5O5. The topological polar surface area (TPSA) is 130 Å². The van der Waals surface area contributed by atoms with Crippen LogP contribution in [0.1, 0.15) is 44.9 Å². The standard InChI is InChI=1S/C28H29N5O5/c1-18-4-5-21(14-24(18)25-15-26(38-32-25)28(35)30-17-23-3-2-8-37-23)31-27(34)20-11-19(16-29)12-22(13-20)33-6-9-36-10-7-33/h4-5,11-15,23H,2-3,6-10,17H2,1H3,(H,30,35)(H,31,34). The second kappa shape index (κ2) is 11.5. The third-order valence-electron chi connectivity index (χ3n) is 6.70. The van der Waals surface area contributed by atoms with Crippen molar-refractivity contribution in [2.45, 2.75) is 25.9 Å². The summed E-state index contributed by atoms with van der Waals surface area (Å²) in [6, 6.07) is 14.3. The van der Waals surface area contributed by atoms with E-state index in [4.69, 9.17) is 14.0 Å². The lowest BCUT2D eigenvalue weighted by molar-refractivity contribution is 0.0827. The lowest BCUT2D eigenvalue weighted by Crippen LogP contribution is -2.36. The highest BCUT2D eigenvalue weighted by Gasteiger charge is 2.20. The number of nitrogens with zero attached hydrogens (tertiary/aromatic N) is 3. The van der Waals surface area contributed by atoms with E-state index in [1.807, 2.05) is 13.0 Å². The normalized spacial score (nSPS) is 17.2. The third-order valence-corrected chi connectivity index (χ3v) is 6.70. The number of hydrogen-bond acceptors (Lipinski definition) is 8. The van der Waals surface area contributed by atoms with Gasteiger partial charge in [0.1, 0.15) is 5.69 Å². The Labute approximate surface area is 220 Å². The van der Waals surface area contributed by atoms with Crippen LogP contribution in [0.5, 0.6) is 0 Å². The molecule has 2 amide bonds. The zero-order valence-corrected chi connectivity index (χ0v) is 21.2. The predicted octanol–water partition coefficient (Wildman–Crippen LogP) is 3.52. The maximum absolute atomic E-state index is 13.2. The fourth-order valence-corrected chi connectivity index (χ4v) is 4.60. The predicted molar refractivity (Wildman–Crippen MR) is 140 cm³/mol. The Bertz CT molecular complexity index is 1370. The van der Waals surface area contributed by atoms with Crippen LogP contribution in [-0.2, 0) is 9.47 Å². The van der Waals surface area contributed by atoms with Crippen molar-refractivity contribution in [1.82, 2.24) is 10.5 Å². The molecule has 2 aliphatic heterocycles. The second-order valence-electron chi connectivity index (χ2n) is 9.39.